The Labute approximate surface area is 133 Å². The number of rotatable bonds is 7. The molecular formula is C17H19FN2O3. The van der Waals surface area contributed by atoms with E-state index in [0.717, 1.165) is 5.56 Å². The van der Waals surface area contributed by atoms with Crippen molar-refractivity contribution in [2.24, 2.45) is 0 Å². The maximum Gasteiger partial charge on any atom is 0.269 e. The third-order valence-electron chi connectivity index (χ3n) is 3.63. The van der Waals surface area contributed by atoms with Crippen molar-refractivity contribution in [3.63, 3.8) is 0 Å². The largest absolute Gasteiger partial charge is 0.388 e. The number of benzene rings is 2. The zero-order valence-corrected chi connectivity index (χ0v) is 12.8. The first-order valence-corrected chi connectivity index (χ1v) is 7.36. The minimum Gasteiger partial charge on any atom is -0.388 e. The maximum atomic E-state index is 12.9. The lowest BCUT2D eigenvalue weighted by Gasteiger charge is -2.18. The van der Waals surface area contributed by atoms with E-state index in [2.05, 4.69) is 5.32 Å². The number of hydrogen-bond donors (Lipinski definition) is 2. The third-order valence-corrected chi connectivity index (χ3v) is 3.63. The smallest absolute Gasteiger partial charge is 0.269 e. The molecule has 2 N–H and O–H groups in total. The van der Waals surface area contributed by atoms with E-state index in [4.69, 9.17) is 0 Å². The van der Waals surface area contributed by atoms with Crippen molar-refractivity contribution in [2.45, 2.75) is 32.0 Å². The Kier molecular flexibility index (Phi) is 5.78. The van der Waals surface area contributed by atoms with E-state index in [1.807, 2.05) is 6.92 Å². The maximum absolute atomic E-state index is 12.9. The summed E-state index contributed by atoms with van der Waals surface area (Å²) < 4.78 is 12.9. The van der Waals surface area contributed by atoms with E-state index in [9.17, 15) is 19.6 Å². The highest BCUT2D eigenvalue weighted by atomic mass is 19.1. The first kappa shape index (κ1) is 17.1. The molecule has 0 aromatic heterocycles. The van der Waals surface area contributed by atoms with Crippen LogP contribution in [0.3, 0.4) is 0 Å². The van der Waals surface area contributed by atoms with Gasteiger partial charge in [-0.05, 0) is 36.6 Å². The zero-order valence-electron chi connectivity index (χ0n) is 12.8. The van der Waals surface area contributed by atoms with Gasteiger partial charge in [0.1, 0.15) is 5.82 Å². The molecule has 6 heteroatoms. The van der Waals surface area contributed by atoms with Crippen molar-refractivity contribution in [2.75, 3.05) is 0 Å². The molecule has 0 aliphatic carbocycles. The number of aliphatic hydroxyl groups is 1. The average molecular weight is 318 g/mol. The third kappa shape index (κ3) is 5.12. The summed E-state index contributed by atoms with van der Waals surface area (Å²) in [6.07, 6.45) is -0.187. The lowest BCUT2D eigenvalue weighted by molar-refractivity contribution is -0.384. The molecule has 0 saturated carbocycles. The number of nitrogens with zero attached hydrogens (tertiary/aromatic N) is 1. The van der Waals surface area contributed by atoms with Gasteiger partial charge in [-0.25, -0.2) is 4.39 Å². The predicted octanol–water partition coefficient (Wildman–Crippen LogP) is 3.34. The Morgan fingerprint density at radius 3 is 2.35 bits per heavy atom. The number of non-ortho nitro benzene ring substituents is 1. The molecule has 0 bridgehead atoms. The van der Waals surface area contributed by atoms with Crippen molar-refractivity contribution >= 4 is 5.69 Å². The van der Waals surface area contributed by atoms with Gasteiger partial charge in [0.2, 0.25) is 0 Å². The second-order valence-corrected chi connectivity index (χ2v) is 5.51. The Balaban J connectivity index is 1.83. The van der Waals surface area contributed by atoms with Crippen molar-refractivity contribution in [3.8, 4) is 0 Å². The molecule has 0 radical (unpaired) electrons. The van der Waals surface area contributed by atoms with Crippen molar-refractivity contribution < 1.29 is 14.4 Å². The van der Waals surface area contributed by atoms with Crippen LogP contribution in [0.15, 0.2) is 48.5 Å². The second kappa shape index (κ2) is 7.80. The average Bonchev–Trinajstić information content (AvgIpc) is 2.54. The Morgan fingerprint density at radius 2 is 1.78 bits per heavy atom. The van der Waals surface area contributed by atoms with Crippen LogP contribution >= 0.6 is 0 Å². The van der Waals surface area contributed by atoms with Crippen molar-refractivity contribution in [1.29, 1.82) is 0 Å². The van der Waals surface area contributed by atoms with Crippen LogP contribution in [0.25, 0.3) is 0 Å². The highest BCUT2D eigenvalue weighted by molar-refractivity contribution is 5.32. The molecule has 2 unspecified atom stereocenters. The molecule has 2 aromatic rings. The van der Waals surface area contributed by atoms with Gasteiger partial charge >= 0.3 is 0 Å². The monoisotopic (exact) mass is 318 g/mol. The molecule has 2 atom stereocenters. The second-order valence-electron chi connectivity index (χ2n) is 5.51. The zero-order chi connectivity index (χ0) is 16.8. The van der Waals surface area contributed by atoms with E-state index < -0.39 is 11.0 Å². The van der Waals surface area contributed by atoms with Crippen LogP contribution < -0.4 is 5.32 Å². The summed E-state index contributed by atoms with van der Waals surface area (Å²) in [5.41, 5.74) is 1.67. The minimum atomic E-state index is -0.671. The fourth-order valence-electron chi connectivity index (χ4n) is 2.27. The lowest BCUT2D eigenvalue weighted by atomic mass is 10.0. The number of hydrogen-bond acceptors (Lipinski definition) is 4. The summed E-state index contributed by atoms with van der Waals surface area (Å²) in [5.74, 6) is -0.328. The fourth-order valence-corrected chi connectivity index (χ4v) is 2.27. The van der Waals surface area contributed by atoms with Gasteiger partial charge in [-0.1, -0.05) is 24.3 Å². The molecule has 122 valence electrons. The molecule has 2 rings (SSSR count). The topological polar surface area (TPSA) is 75.4 Å². The quantitative estimate of drug-likeness (QED) is 0.606. The SMILES string of the molecule is CC(CC(O)c1ccc(F)cc1)NCc1ccc([N+](=O)[O-])cc1. The molecule has 0 aliphatic heterocycles. The summed E-state index contributed by atoms with van der Waals surface area (Å²) in [7, 11) is 0. The number of nitro benzene ring substituents is 1. The number of halogens is 1. The molecule has 0 spiro atoms. The van der Waals surface area contributed by atoms with Crippen LogP contribution in [0.2, 0.25) is 0 Å². The molecule has 23 heavy (non-hydrogen) atoms. The summed E-state index contributed by atoms with van der Waals surface area (Å²) >= 11 is 0. The van der Waals surface area contributed by atoms with Gasteiger partial charge in [0.05, 0.1) is 11.0 Å². The van der Waals surface area contributed by atoms with Gasteiger partial charge in [0.15, 0.2) is 0 Å². The van der Waals surface area contributed by atoms with E-state index in [1.54, 1.807) is 24.3 Å². The van der Waals surface area contributed by atoms with Gasteiger partial charge in [-0.15, -0.1) is 0 Å². The highest BCUT2D eigenvalue weighted by Gasteiger charge is 2.12. The van der Waals surface area contributed by atoms with Crippen LogP contribution in [0.5, 0.6) is 0 Å². The first-order chi connectivity index (χ1) is 11.0. The van der Waals surface area contributed by atoms with Gasteiger partial charge in [0, 0.05) is 24.7 Å². The fraction of sp³-hybridized carbons (Fsp3) is 0.294. The summed E-state index contributed by atoms with van der Waals surface area (Å²) in [5, 5.41) is 24.0. The van der Waals surface area contributed by atoms with Gasteiger partial charge in [-0.2, -0.15) is 0 Å². The molecule has 0 fully saturated rings. The van der Waals surface area contributed by atoms with Gasteiger partial charge in [0.25, 0.3) is 5.69 Å². The van der Waals surface area contributed by atoms with Gasteiger partial charge in [-0.3, -0.25) is 10.1 Å². The predicted molar refractivity (Wildman–Crippen MR) is 85.4 cm³/mol. The molecule has 0 aliphatic rings. The molecule has 2 aromatic carbocycles. The van der Waals surface area contributed by atoms with Crippen LogP contribution in [-0.4, -0.2) is 16.1 Å². The molecule has 0 heterocycles. The van der Waals surface area contributed by atoms with Crippen LogP contribution in [0.1, 0.15) is 30.6 Å². The normalized spacial score (nSPS) is 13.5. The summed E-state index contributed by atoms with van der Waals surface area (Å²) in [4.78, 5) is 10.2. The molecular weight excluding hydrogens is 299 g/mol. The molecule has 5 nitrogen and oxygen atoms in total. The Hall–Kier alpha value is -2.31. The van der Waals surface area contributed by atoms with Gasteiger partial charge < -0.3 is 10.4 Å². The highest BCUT2D eigenvalue weighted by Crippen LogP contribution is 2.19. The van der Waals surface area contributed by atoms with Crippen LogP contribution in [0, 0.1) is 15.9 Å². The van der Waals surface area contributed by atoms with Crippen molar-refractivity contribution in [1.82, 2.24) is 5.32 Å². The molecule has 0 saturated heterocycles. The number of nitrogens with one attached hydrogen (secondary N) is 1. The standard InChI is InChI=1S/C17H19FN2O3/c1-12(10-17(21)14-4-6-15(18)7-5-14)19-11-13-2-8-16(9-3-13)20(22)23/h2-9,12,17,19,21H,10-11H2,1H3. The van der Waals surface area contributed by atoms with Crippen molar-refractivity contribution in [3.05, 3.63) is 75.6 Å². The number of nitro groups is 1. The minimum absolute atomic E-state index is 0.0326. The first-order valence-electron chi connectivity index (χ1n) is 7.36. The summed E-state index contributed by atoms with van der Waals surface area (Å²) in [6.45, 7) is 2.49. The van der Waals surface area contributed by atoms with Crippen LogP contribution in [-0.2, 0) is 6.54 Å². The lowest BCUT2D eigenvalue weighted by Crippen LogP contribution is -2.27. The Bertz CT molecular complexity index is 644. The number of aliphatic hydroxyl groups excluding tert-OH is 1. The Morgan fingerprint density at radius 1 is 1.17 bits per heavy atom. The van der Waals surface area contributed by atoms with E-state index >= 15 is 0 Å². The van der Waals surface area contributed by atoms with E-state index in [-0.39, 0.29) is 17.5 Å². The van der Waals surface area contributed by atoms with E-state index in [0.29, 0.717) is 18.5 Å². The van der Waals surface area contributed by atoms with Crippen LogP contribution in [0.4, 0.5) is 10.1 Å². The molecule has 0 amide bonds. The van der Waals surface area contributed by atoms with E-state index in [1.165, 1.54) is 24.3 Å². The summed E-state index contributed by atoms with van der Waals surface area (Å²) in [6, 6.07) is 12.2.